The van der Waals surface area contributed by atoms with E-state index in [-0.39, 0.29) is 25.3 Å². The lowest BCUT2D eigenvalue weighted by Gasteiger charge is -2.23. The predicted octanol–water partition coefficient (Wildman–Crippen LogP) is 2.12. The van der Waals surface area contributed by atoms with Crippen molar-refractivity contribution in [3.8, 4) is 0 Å². The molecule has 0 bridgehead atoms. The van der Waals surface area contributed by atoms with Crippen molar-refractivity contribution in [1.29, 1.82) is 0 Å². The molecule has 0 heterocycles. The van der Waals surface area contributed by atoms with Gasteiger partial charge in [-0.05, 0) is 24.1 Å². The van der Waals surface area contributed by atoms with Gasteiger partial charge in [-0.25, -0.2) is 0 Å². The van der Waals surface area contributed by atoms with Crippen LogP contribution in [0.5, 0.6) is 0 Å². The summed E-state index contributed by atoms with van der Waals surface area (Å²) in [6, 6.07) is 7.52. The van der Waals surface area contributed by atoms with Crippen molar-refractivity contribution in [3.05, 3.63) is 34.9 Å². The van der Waals surface area contributed by atoms with E-state index in [9.17, 15) is 0 Å². The van der Waals surface area contributed by atoms with E-state index in [2.05, 4.69) is 12.2 Å². The van der Waals surface area contributed by atoms with Crippen molar-refractivity contribution in [1.82, 2.24) is 5.32 Å². The van der Waals surface area contributed by atoms with Crippen LogP contribution < -0.4 is 5.32 Å². The first kappa shape index (κ1) is 14.5. The average Bonchev–Trinajstić information content (AvgIpc) is 2.35. The normalized spacial score (nSPS) is 13.0. The van der Waals surface area contributed by atoms with Gasteiger partial charge in [0.05, 0.1) is 19.3 Å². The third-order valence-corrected chi connectivity index (χ3v) is 2.98. The first-order chi connectivity index (χ1) is 8.21. The Balaban J connectivity index is 2.73. The molecule has 1 unspecified atom stereocenters. The lowest BCUT2D eigenvalue weighted by molar-refractivity contribution is 0.160. The summed E-state index contributed by atoms with van der Waals surface area (Å²) in [6.45, 7) is 1.98. The summed E-state index contributed by atoms with van der Waals surface area (Å²) in [5.41, 5.74) is 1.13. The lowest BCUT2D eigenvalue weighted by atomic mass is 10.0. The number of rotatable bonds is 7. The van der Waals surface area contributed by atoms with Gasteiger partial charge in [0.15, 0.2) is 0 Å². The number of aliphatic hydroxyl groups is 2. The summed E-state index contributed by atoms with van der Waals surface area (Å²) in [4.78, 5) is 0. The van der Waals surface area contributed by atoms with Gasteiger partial charge in [0, 0.05) is 11.1 Å². The Hall–Kier alpha value is -0.610. The van der Waals surface area contributed by atoms with Crippen molar-refractivity contribution >= 4 is 11.6 Å². The van der Waals surface area contributed by atoms with Crippen LogP contribution in [0, 0.1) is 0 Å². The second-order valence-electron chi connectivity index (χ2n) is 4.12. The number of aliphatic hydroxyl groups excluding tert-OH is 2. The highest BCUT2D eigenvalue weighted by Gasteiger charge is 2.15. The Bertz CT molecular complexity index is 312. The van der Waals surface area contributed by atoms with Gasteiger partial charge in [-0.15, -0.1) is 0 Å². The van der Waals surface area contributed by atoms with E-state index in [0.29, 0.717) is 5.02 Å². The summed E-state index contributed by atoms with van der Waals surface area (Å²) in [5, 5.41) is 22.1. The second-order valence-corrected chi connectivity index (χ2v) is 4.56. The molecule has 3 nitrogen and oxygen atoms in total. The van der Waals surface area contributed by atoms with Crippen LogP contribution in [0.3, 0.4) is 0 Å². The standard InChI is InChI=1S/C13H20ClNO2/c1-2-3-13(15-12(8-16)9-17)10-4-6-11(14)7-5-10/h4-7,12-13,15-17H,2-3,8-9H2,1H3. The van der Waals surface area contributed by atoms with E-state index in [0.717, 1.165) is 18.4 Å². The highest BCUT2D eigenvalue weighted by molar-refractivity contribution is 6.30. The van der Waals surface area contributed by atoms with Crippen LogP contribution in [0.1, 0.15) is 31.4 Å². The molecule has 0 aliphatic carbocycles. The van der Waals surface area contributed by atoms with Crippen molar-refractivity contribution in [3.63, 3.8) is 0 Å². The molecule has 0 amide bonds. The Kier molecular flexibility index (Phi) is 6.52. The largest absolute Gasteiger partial charge is 0.395 e. The number of hydrogen-bond acceptors (Lipinski definition) is 3. The molecule has 0 saturated heterocycles. The minimum atomic E-state index is -0.276. The number of benzene rings is 1. The van der Waals surface area contributed by atoms with Gasteiger partial charge in [-0.2, -0.15) is 0 Å². The van der Waals surface area contributed by atoms with Crippen LogP contribution in [0.15, 0.2) is 24.3 Å². The molecule has 0 radical (unpaired) electrons. The Morgan fingerprint density at radius 2 is 1.76 bits per heavy atom. The quantitative estimate of drug-likeness (QED) is 0.701. The molecule has 1 atom stereocenters. The topological polar surface area (TPSA) is 52.5 Å². The summed E-state index contributed by atoms with van der Waals surface area (Å²) in [5.74, 6) is 0. The molecular formula is C13H20ClNO2. The minimum Gasteiger partial charge on any atom is -0.395 e. The Labute approximate surface area is 107 Å². The van der Waals surface area contributed by atoms with Crippen LogP contribution in [-0.2, 0) is 0 Å². The molecule has 3 N–H and O–H groups in total. The van der Waals surface area contributed by atoms with Crippen LogP contribution in [0.25, 0.3) is 0 Å². The van der Waals surface area contributed by atoms with Gasteiger partial charge >= 0.3 is 0 Å². The lowest BCUT2D eigenvalue weighted by Crippen LogP contribution is -2.38. The van der Waals surface area contributed by atoms with Crippen molar-refractivity contribution in [2.24, 2.45) is 0 Å². The molecule has 0 aliphatic heterocycles. The fourth-order valence-electron chi connectivity index (χ4n) is 1.78. The van der Waals surface area contributed by atoms with E-state index >= 15 is 0 Å². The maximum absolute atomic E-state index is 9.09. The van der Waals surface area contributed by atoms with E-state index in [1.807, 2.05) is 24.3 Å². The third kappa shape index (κ3) is 4.64. The van der Waals surface area contributed by atoms with Crippen LogP contribution in [-0.4, -0.2) is 29.5 Å². The fourth-order valence-corrected chi connectivity index (χ4v) is 1.90. The Morgan fingerprint density at radius 1 is 1.18 bits per heavy atom. The van der Waals surface area contributed by atoms with Crippen LogP contribution in [0.4, 0.5) is 0 Å². The maximum Gasteiger partial charge on any atom is 0.0607 e. The maximum atomic E-state index is 9.09. The van der Waals surface area contributed by atoms with Crippen LogP contribution in [0.2, 0.25) is 5.02 Å². The third-order valence-electron chi connectivity index (χ3n) is 2.73. The van der Waals surface area contributed by atoms with Gasteiger partial charge < -0.3 is 15.5 Å². The highest BCUT2D eigenvalue weighted by atomic mass is 35.5. The predicted molar refractivity (Wildman–Crippen MR) is 70.2 cm³/mol. The SMILES string of the molecule is CCCC(NC(CO)CO)c1ccc(Cl)cc1. The first-order valence-corrected chi connectivity index (χ1v) is 6.32. The fraction of sp³-hybridized carbons (Fsp3) is 0.538. The molecule has 4 heteroatoms. The summed E-state index contributed by atoms with van der Waals surface area (Å²) in [6.07, 6.45) is 1.99. The first-order valence-electron chi connectivity index (χ1n) is 5.94. The zero-order valence-electron chi connectivity index (χ0n) is 10.1. The highest BCUT2D eigenvalue weighted by Crippen LogP contribution is 2.21. The van der Waals surface area contributed by atoms with Crippen molar-refractivity contribution < 1.29 is 10.2 Å². The molecule has 96 valence electrons. The van der Waals surface area contributed by atoms with E-state index in [1.165, 1.54) is 0 Å². The van der Waals surface area contributed by atoms with E-state index in [4.69, 9.17) is 21.8 Å². The molecule has 1 aromatic carbocycles. The van der Waals surface area contributed by atoms with Gasteiger partial charge in [-0.3, -0.25) is 0 Å². The van der Waals surface area contributed by atoms with Crippen LogP contribution >= 0.6 is 11.6 Å². The average molecular weight is 258 g/mol. The zero-order valence-corrected chi connectivity index (χ0v) is 10.8. The van der Waals surface area contributed by atoms with Gasteiger partial charge in [0.2, 0.25) is 0 Å². The summed E-state index contributed by atoms with van der Waals surface area (Å²) < 4.78 is 0. The molecule has 17 heavy (non-hydrogen) atoms. The monoisotopic (exact) mass is 257 g/mol. The molecule has 0 aliphatic rings. The zero-order chi connectivity index (χ0) is 12.7. The summed E-state index contributed by atoms with van der Waals surface area (Å²) >= 11 is 5.85. The molecule has 1 aromatic rings. The number of halogens is 1. The van der Waals surface area contributed by atoms with Crippen molar-refractivity contribution in [2.75, 3.05) is 13.2 Å². The molecule has 0 aromatic heterocycles. The molecular weight excluding hydrogens is 238 g/mol. The van der Waals surface area contributed by atoms with Crippen molar-refractivity contribution in [2.45, 2.75) is 31.8 Å². The minimum absolute atomic E-state index is 0.0652. The van der Waals surface area contributed by atoms with Gasteiger partial charge in [-0.1, -0.05) is 37.1 Å². The van der Waals surface area contributed by atoms with Gasteiger partial charge in [0.25, 0.3) is 0 Å². The molecule has 0 saturated carbocycles. The smallest absolute Gasteiger partial charge is 0.0607 e. The number of hydrogen-bond donors (Lipinski definition) is 3. The van der Waals surface area contributed by atoms with E-state index in [1.54, 1.807) is 0 Å². The Morgan fingerprint density at radius 3 is 2.24 bits per heavy atom. The van der Waals surface area contributed by atoms with Gasteiger partial charge in [0.1, 0.15) is 0 Å². The molecule has 0 fully saturated rings. The summed E-state index contributed by atoms with van der Waals surface area (Å²) in [7, 11) is 0. The molecule has 1 rings (SSSR count). The van der Waals surface area contributed by atoms with E-state index < -0.39 is 0 Å². The number of nitrogens with one attached hydrogen (secondary N) is 1. The second kappa shape index (κ2) is 7.67. The molecule has 0 spiro atoms.